The van der Waals surface area contributed by atoms with Crippen molar-refractivity contribution in [1.29, 1.82) is 0 Å². The van der Waals surface area contributed by atoms with Crippen molar-refractivity contribution in [2.45, 2.75) is 13.8 Å². The third kappa shape index (κ3) is 2.54. The summed E-state index contributed by atoms with van der Waals surface area (Å²) in [6, 6.07) is 9.69. The number of methoxy groups -OCH3 is 1. The highest BCUT2D eigenvalue weighted by atomic mass is 79.9. The third-order valence-corrected chi connectivity index (χ3v) is 4.25. The molecule has 0 atom stereocenters. The number of aromatic nitrogens is 3. The predicted octanol–water partition coefficient (Wildman–Crippen LogP) is 3.87. The lowest BCUT2D eigenvalue weighted by atomic mass is 10.1. The lowest BCUT2D eigenvalue weighted by Gasteiger charge is -2.11. The molecule has 0 saturated heterocycles. The summed E-state index contributed by atoms with van der Waals surface area (Å²) in [5.74, 6) is 1.43. The van der Waals surface area contributed by atoms with Crippen LogP contribution in [-0.4, -0.2) is 28.3 Å². The van der Waals surface area contributed by atoms with Crippen LogP contribution in [-0.2, 0) is 0 Å². The van der Waals surface area contributed by atoms with E-state index in [0.29, 0.717) is 12.4 Å². The van der Waals surface area contributed by atoms with Crippen LogP contribution in [0.5, 0.6) is 11.5 Å². The van der Waals surface area contributed by atoms with E-state index in [2.05, 4.69) is 26.0 Å². The number of ether oxygens (including phenoxy) is 2. The number of nitrogens with zero attached hydrogens (tertiary/aromatic N) is 3. The van der Waals surface area contributed by atoms with Gasteiger partial charge in [0.25, 0.3) is 0 Å². The average Bonchev–Trinajstić information content (AvgIpc) is 2.82. The van der Waals surface area contributed by atoms with Gasteiger partial charge in [-0.2, -0.15) is 5.10 Å². The molecule has 0 saturated carbocycles. The van der Waals surface area contributed by atoms with E-state index in [9.17, 15) is 0 Å². The summed E-state index contributed by atoms with van der Waals surface area (Å²) in [5, 5.41) is 4.63. The minimum atomic E-state index is 0.598. The van der Waals surface area contributed by atoms with Gasteiger partial charge in [-0.3, -0.25) is 0 Å². The minimum absolute atomic E-state index is 0.598. The van der Waals surface area contributed by atoms with E-state index < -0.39 is 0 Å². The second kappa shape index (κ2) is 5.96. The van der Waals surface area contributed by atoms with Gasteiger partial charge in [0.15, 0.2) is 17.1 Å². The smallest absolute Gasteiger partial charge is 0.161 e. The molecule has 0 radical (unpaired) electrons. The fourth-order valence-electron chi connectivity index (χ4n) is 2.27. The highest BCUT2D eigenvalue weighted by Crippen LogP contribution is 2.32. The van der Waals surface area contributed by atoms with Crippen molar-refractivity contribution >= 4 is 21.6 Å². The Bertz CT molecular complexity index is 830. The maximum Gasteiger partial charge on any atom is 0.161 e. The van der Waals surface area contributed by atoms with Crippen molar-refractivity contribution in [3.63, 3.8) is 0 Å². The summed E-state index contributed by atoms with van der Waals surface area (Å²) in [5.41, 5.74) is 3.52. The monoisotopic (exact) mass is 361 g/mol. The van der Waals surface area contributed by atoms with Crippen molar-refractivity contribution < 1.29 is 9.47 Å². The van der Waals surface area contributed by atoms with Gasteiger partial charge >= 0.3 is 0 Å². The Morgan fingerprint density at radius 1 is 1.18 bits per heavy atom. The van der Waals surface area contributed by atoms with Gasteiger partial charge in [-0.25, -0.2) is 9.50 Å². The van der Waals surface area contributed by atoms with E-state index >= 15 is 0 Å². The number of fused-ring (bicyclic) bond motifs is 1. The maximum atomic E-state index is 5.54. The van der Waals surface area contributed by atoms with Gasteiger partial charge in [0.05, 0.1) is 25.1 Å². The Balaban J connectivity index is 2.08. The summed E-state index contributed by atoms with van der Waals surface area (Å²) in [4.78, 5) is 4.43. The Morgan fingerprint density at radius 2 is 2.00 bits per heavy atom. The van der Waals surface area contributed by atoms with Gasteiger partial charge in [-0.1, -0.05) is 0 Å². The first-order valence-electron chi connectivity index (χ1n) is 6.97. The number of halogens is 1. The number of benzene rings is 1. The van der Waals surface area contributed by atoms with Crippen molar-refractivity contribution in [3.05, 3.63) is 40.6 Å². The van der Waals surface area contributed by atoms with Crippen molar-refractivity contribution in [1.82, 2.24) is 14.6 Å². The van der Waals surface area contributed by atoms with Crippen LogP contribution in [0.1, 0.15) is 12.6 Å². The van der Waals surface area contributed by atoms with Crippen molar-refractivity contribution in [2.24, 2.45) is 0 Å². The molecule has 3 rings (SSSR count). The van der Waals surface area contributed by atoms with Crippen molar-refractivity contribution in [2.75, 3.05) is 13.7 Å². The van der Waals surface area contributed by atoms with Gasteiger partial charge in [0.1, 0.15) is 4.60 Å². The third-order valence-electron chi connectivity index (χ3n) is 3.34. The molecule has 114 valence electrons. The summed E-state index contributed by atoms with van der Waals surface area (Å²) < 4.78 is 13.6. The van der Waals surface area contributed by atoms with Crippen LogP contribution in [0.25, 0.3) is 16.9 Å². The van der Waals surface area contributed by atoms with Crippen LogP contribution in [0.15, 0.2) is 34.9 Å². The number of imidazole rings is 1. The van der Waals surface area contributed by atoms with Gasteiger partial charge < -0.3 is 9.47 Å². The first-order valence-corrected chi connectivity index (χ1v) is 7.76. The molecule has 0 aliphatic rings. The molecule has 0 aliphatic carbocycles. The average molecular weight is 362 g/mol. The summed E-state index contributed by atoms with van der Waals surface area (Å²) in [6.07, 6.45) is 0. The van der Waals surface area contributed by atoms with Crippen LogP contribution in [0.2, 0.25) is 0 Å². The SMILES string of the molecule is CCOc1ccc(-c2ccc3nc(C)c(Br)n3n2)cc1OC. The molecule has 0 spiro atoms. The zero-order valence-electron chi connectivity index (χ0n) is 12.6. The summed E-state index contributed by atoms with van der Waals surface area (Å²) in [6.45, 7) is 4.49. The van der Waals surface area contributed by atoms with E-state index in [1.807, 2.05) is 44.2 Å². The number of aryl methyl sites for hydroxylation is 1. The molecule has 0 aliphatic heterocycles. The number of hydrogen-bond acceptors (Lipinski definition) is 4. The Labute approximate surface area is 137 Å². The lowest BCUT2D eigenvalue weighted by molar-refractivity contribution is 0.311. The zero-order chi connectivity index (χ0) is 15.7. The van der Waals surface area contributed by atoms with Crippen molar-refractivity contribution in [3.8, 4) is 22.8 Å². The molecule has 6 heteroatoms. The lowest BCUT2D eigenvalue weighted by Crippen LogP contribution is -1.97. The first kappa shape index (κ1) is 14.8. The molecular formula is C16H16BrN3O2. The van der Waals surface area contributed by atoms with E-state index in [0.717, 1.165) is 33.0 Å². The van der Waals surface area contributed by atoms with E-state index in [-0.39, 0.29) is 0 Å². The molecular weight excluding hydrogens is 346 g/mol. The molecule has 0 bridgehead atoms. The molecule has 22 heavy (non-hydrogen) atoms. The molecule has 5 nitrogen and oxygen atoms in total. The van der Waals surface area contributed by atoms with Crippen LogP contribution in [0.3, 0.4) is 0 Å². The molecule has 1 aromatic carbocycles. The summed E-state index contributed by atoms with van der Waals surface area (Å²) >= 11 is 3.51. The number of rotatable bonds is 4. The Hall–Kier alpha value is -2.08. The first-order chi connectivity index (χ1) is 10.6. The van der Waals surface area contributed by atoms with Crippen LogP contribution in [0, 0.1) is 6.92 Å². The molecule has 0 N–H and O–H groups in total. The van der Waals surface area contributed by atoms with Gasteiger partial charge in [-0.15, -0.1) is 0 Å². The quantitative estimate of drug-likeness (QED) is 0.707. The van der Waals surface area contributed by atoms with Crippen LogP contribution < -0.4 is 9.47 Å². The molecule has 0 fully saturated rings. The molecule has 2 aromatic heterocycles. The van der Waals surface area contributed by atoms with Gasteiger partial charge in [0, 0.05) is 5.56 Å². The molecule has 0 amide bonds. The normalized spacial score (nSPS) is 10.9. The molecule has 2 heterocycles. The van der Waals surface area contributed by atoms with Crippen LogP contribution in [0.4, 0.5) is 0 Å². The molecule has 3 aromatic rings. The minimum Gasteiger partial charge on any atom is -0.493 e. The van der Waals surface area contributed by atoms with E-state index in [4.69, 9.17) is 9.47 Å². The zero-order valence-corrected chi connectivity index (χ0v) is 14.2. The van der Waals surface area contributed by atoms with Gasteiger partial charge in [-0.05, 0) is 60.1 Å². The Kier molecular flexibility index (Phi) is 4.02. The van der Waals surface area contributed by atoms with E-state index in [1.54, 1.807) is 11.6 Å². The standard InChI is InChI=1S/C16H16BrN3O2/c1-4-22-13-7-5-11(9-14(13)21-3)12-6-8-15-18-10(2)16(17)20(15)19-12/h5-9H,4H2,1-3H3. The fourth-order valence-corrected chi connectivity index (χ4v) is 2.62. The topological polar surface area (TPSA) is 48.7 Å². The second-order valence-corrected chi connectivity index (χ2v) is 5.53. The van der Waals surface area contributed by atoms with E-state index in [1.165, 1.54) is 0 Å². The highest BCUT2D eigenvalue weighted by molar-refractivity contribution is 9.10. The second-order valence-electron chi connectivity index (χ2n) is 4.78. The maximum absolute atomic E-state index is 5.54. The largest absolute Gasteiger partial charge is 0.493 e. The fraction of sp³-hybridized carbons (Fsp3) is 0.250. The molecule has 0 unspecified atom stereocenters. The van der Waals surface area contributed by atoms with Crippen LogP contribution >= 0.6 is 15.9 Å². The summed E-state index contributed by atoms with van der Waals surface area (Å²) in [7, 11) is 1.63. The Morgan fingerprint density at radius 3 is 2.73 bits per heavy atom. The number of hydrogen-bond donors (Lipinski definition) is 0. The predicted molar refractivity (Wildman–Crippen MR) is 88.6 cm³/mol. The highest BCUT2D eigenvalue weighted by Gasteiger charge is 2.11. The van der Waals surface area contributed by atoms with Gasteiger partial charge in [0.2, 0.25) is 0 Å².